The van der Waals surface area contributed by atoms with E-state index in [-0.39, 0.29) is 5.60 Å². The minimum atomic E-state index is 0.111. The molecule has 2 aliphatic carbocycles. The van der Waals surface area contributed by atoms with E-state index >= 15 is 0 Å². The lowest BCUT2D eigenvalue weighted by Crippen LogP contribution is -2.49. The first-order chi connectivity index (χ1) is 9.35. The third-order valence-electron chi connectivity index (χ3n) is 5.44. The van der Waals surface area contributed by atoms with Gasteiger partial charge in [0.2, 0.25) is 0 Å². The summed E-state index contributed by atoms with van der Waals surface area (Å²) >= 11 is 0. The highest BCUT2D eigenvalue weighted by atomic mass is 16.5. The van der Waals surface area contributed by atoms with Crippen LogP contribution in [0.5, 0.6) is 0 Å². The first kappa shape index (κ1) is 16.3. The van der Waals surface area contributed by atoms with E-state index in [4.69, 9.17) is 4.74 Å². The molecule has 0 saturated heterocycles. The molecule has 0 aromatic rings. The second kappa shape index (κ2) is 6.36. The number of rotatable bonds is 6. The molecule has 2 heteroatoms. The van der Waals surface area contributed by atoms with Crippen LogP contribution in [0.3, 0.4) is 0 Å². The van der Waals surface area contributed by atoms with E-state index in [2.05, 4.69) is 39.9 Å². The van der Waals surface area contributed by atoms with Gasteiger partial charge in [-0.25, -0.2) is 0 Å². The predicted molar refractivity (Wildman–Crippen MR) is 86.0 cm³/mol. The fourth-order valence-corrected chi connectivity index (χ4v) is 3.47. The van der Waals surface area contributed by atoms with Crippen molar-refractivity contribution in [2.75, 3.05) is 6.54 Å². The summed E-state index contributed by atoms with van der Waals surface area (Å²) in [7, 11) is 0. The van der Waals surface area contributed by atoms with Crippen molar-refractivity contribution >= 4 is 0 Å². The van der Waals surface area contributed by atoms with Gasteiger partial charge in [0.15, 0.2) is 0 Å². The molecule has 2 nitrogen and oxygen atoms in total. The maximum atomic E-state index is 6.50. The summed E-state index contributed by atoms with van der Waals surface area (Å²) in [6.45, 7) is 12.7. The van der Waals surface area contributed by atoms with Crippen LogP contribution in [0.2, 0.25) is 0 Å². The van der Waals surface area contributed by atoms with Crippen LogP contribution in [0.15, 0.2) is 0 Å². The van der Waals surface area contributed by atoms with Crippen molar-refractivity contribution in [3.8, 4) is 0 Å². The third kappa shape index (κ3) is 4.46. The lowest BCUT2D eigenvalue weighted by Gasteiger charge is -2.45. The minimum absolute atomic E-state index is 0.111. The van der Waals surface area contributed by atoms with E-state index in [1.807, 2.05) is 0 Å². The van der Waals surface area contributed by atoms with Gasteiger partial charge in [-0.2, -0.15) is 0 Å². The van der Waals surface area contributed by atoms with E-state index < -0.39 is 0 Å². The topological polar surface area (TPSA) is 21.3 Å². The first-order valence-electron chi connectivity index (χ1n) is 8.76. The molecule has 0 aromatic heterocycles. The average molecular weight is 281 g/mol. The molecular formula is C18H35NO. The zero-order valence-electron chi connectivity index (χ0n) is 14.3. The Balaban J connectivity index is 1.93. The molecular weight excluding hydrogens is 246 g/mol. The van der Waals surface area contributed by atoms with Crippen molar-refractivity contribution in [1.82, 2.24) is 5.32 Å². The van der Waals surface area contributed by atoms with Crippen LogP contribution in [0, 0.1) is 11.3 Å². The molecule has 1 unspecified atom stereocenters. The van der Waals surface area contributed by atoms with Gasteiger partial charge in [-0.15, -0.1) is 0 Å². The summed E-state index contributed by atoms with van der Waals surface area (Å²) in [5, 5.41) is 3.73. The molecule has 2 rings (SSSR count). The molecule has 2 fully saturated rings. The minimum Gasteiger partial charge on any atom is -0.371 e. The largest absolute Gasteiger partial charge is 0.371 e. The zero-order chi connectivity index (χ0) is 14.8. The molecule has 0 aliphatic heterocycles. The Labute approximate surface area is 126 Å². The van der Waals surface area contributed by atoms with Gasteiger partial charge in [0.25, 0.3) is 0 Å². The molecule has 0 amide bonds. The second-order valence-electron chi connectivity index (χ2n) is 8.32. The molecule has 20 heavy (non-hydrogen) atoms. The average Bonchev–Trinajstić information content (AvgIpc) is 3.20. The number of hydrogen-bond donors (Lipinski definition) is 1. The smallest absolute Gasteiger partial charge is 0.0810 e. The monoisotopic (exact) mass is 281 g/mol. The van der Waals surface area contributed by atoms with Crippen molar-refractivity contribution in [1.29, 1.82) is 0 Å². The van der Waals surface area contributed by atoms with Gasteiger partial charge >= 0.3 is 0 Å². The van der Waals surface area contributed by atoms with Crippen LogP contribution < -0.4 is 5.32 Å². The van der Waals surface area contributed by atoms with Gasteiger partial charge in [-0.1, -0.05) is 27.7 Å². The van der Waals surface area contributed by atoms with Gasteiger partial charge in [0.05, 0.1) is 11.7 Å². The SMILES string of the molecule is CCC(C)OC1(CNC2CC2)CCC(C(C)(C)C)CC1. The molecule has 2 aliphatic rings. The lowest BCUT2D eigenvalue weighted by atomic mass is 9.68. The molecule has 118 valence electrons. The van der Waals surface area contributed by atoms with Crippen molar-refractivity contribution in [3.63, 3.8) is 0 Å². The van der Waals surface area contributed by atoms with Crippen molar-refractivity contribution in [3.05, 3.63) is 0 Å². The second-order valence-corrected chi connectivity index (χ2v) is 8.32. The van der Waals surface area contributed by atoms with Crippen molar-refractivity contribution in [2.45, 2.75) is 97.3 Å². The Bertz CT molecular complexity index is 295. The highest BCUT2D eigenvalue weighted by Gasteiger charge is 2.41. The maximum absolute atomic E-state index is 6.50. The third-order valence-corrected chi connectivity index (χ3v) is 5.44. The van der Waals surface area contributed by atoms with E-state index in [0.717, 1.165) is 24.9 Å². The number of hydrogen-bond acceptors (Lipinski definition) is 2. The highest BCUT2D eigenvalue weighted by Crippen LogP contribution is 2.43. The first-order valence-corrected chi connectivity index (χ1v) is 8.76. The van der Waals surface area contributed by atoms with Crippen LogP contribution in [0.1, 0.15) is 79.6 Å². The Morgan fingerprint density at radius 3 is 2.20 bits per heavy atom. The molecule has 0 bridgehead atoms. The van der Waals surface area contributed by atoms with Crippen LogP contribution in [-0.4, -0.2) is 24.3 Å². The summed E-state index contributed by atoms with van der Waals surface area (Å²) in [6.07, 6.45) is 9.36. The lowest BCUT2D eigenvalue weighted by molar-refractivity contribution is -0.118. The number of nitrogens with one attached hydrogen (secondary N) is 1. The molecule has 2 saturated carbocycles. The van der Waals surface area contributed by atoms with Crippen LogP contribution in [0.4, 0.5) is 0 Å². The molecule has 0 spiro atoms. The van der Waals surface area contributed by atoms with E-state index in [1.54, 1.807) is 0 Å². The molecule has 0 aromatic carbocycles. The van der Waals surface area contributed by atoms with Crippen LogP contribution in [-0.2, 0) is 4.74 Å². The normalized spacial score (nSPS) is 33.1. The van der Waals surface area contributed by atoms with Gasteiger partial charge < -0.3 is 10.1 Å². The van der Waals surface area contributed by atoms with Crippen LogP contribution in [0.25, 0.3) is 0 Å². The molecule has 1 atom stereocenters. The standard InChI is InChI=1S/C18H35NO/c1-6-14(2)20-18(13-19-16-7-8-16)11-9-15(10-12-18)17(3,4)5/h14-16,19H,6-13H2,1-5H3. The van der Waals surface area contributed by atoms with Crippen LogP contribution >= 0.6 is 0 Å². The van der Waals surface area contributed by atoms with Gasteiger partial charge in [0.1, 0.15) is 0 Å². The fourth-order valence-electron chi connectivity index (χ4n) is 3.47. The van der Waals surface area contributed by atoms with Gasteiger partial charge in [-0.3, -0.25) is 0 Å². The zero-order valence-corrected chi connectivity index (χ0v) is 14.3. The summed E-state index contributed by atoms with van der Waals surface area (Å²) in [4.78, 5) is 0. The predicted octanol–water partition coefficient (Wildman–Crippen LogP) is 4.53. The fraction of sp³-hybridized carbons (Fsp3) is 1.00. The van der Waals surface area contributed by atoms with Gasteiger partial charge in [-0.05, 0) is 63.2 Å². The maximum Gasteiger partial charge on any atom is 0.0810 e. The van der Waals surface area contributed by atoms with Gasteiger partial charge in [0, 0.05) is 12.6 Å². The Morgan fingerprint density at radius 1 is 1.15 bits per heavy atom. The van der Waals surface area contributed by atoms with E-state index in [1.165, 1.54) is 38.5 Å². The van der Waals surface area contributed by atoms with Crippen molar-refractivity contribution in [2.24, 2.45) is 11.3 Å². The highest BCUT2D eigenvalue weighted by molar-refractivity contribution is 4.95. The summed E-state index contributed by atoms with van der Waals surface area (Å²) in [6, 6.07) is 0.785. The van der Waals surface area contributed by atoms with E-state index in [0.29, 0.717) is 11.5 Å². The quantitative estimate of drug-likeness (QED) is 0.772. The number of ether oxygens (including phenoxy) is 1. The van der Waals surface area contributed by atoms with Crippen molar-refractivity contribution < 1.29 is 4.74 Å². The Kier molecular flexibility index (Phi) is 5.18. The summed E-state index contributed by atoms with van der Waals surface area (Å²) in [5.74, 6) is 0.858. The molecule has 1 N–H and O–H groups in total. The molecule has 0 radical (unpaired) electrons. The molecule has 0 heterocycles. The Hall–Kier alpha value is -0.0800. The summed E-state index contributed by atoms with van der Waals surface area (Å²) in [5.41, 5.74) is 0.562. The van der Waals surface area contributed by atoms with E-state index in [9.17, 15) is 0 Å². The summed E-state index contributed by atoms with van der Waals surface area (Å²) < 4.78 is 6.50. The Morgan fingerprint density at radius 2 is 1.75 bits per heavy atom.